The minimum absolute atomic E-state index is 0.0428. The second kappa shape index (κ2) is 10.1. The van der Waals surface area contributed by atoms with Gasteiger partial charge in [0.15, 0.2) is 0 Å². The van der Waals surface area contributed by atoms with Gasteiger partial charge in [0, 0.05) is 29.8 Å². The summed E-state index contributed by atoms with van der Waals surface area (Å²) < 4.78 is 0. The molecule has 1 unspecified atom stereocenters. The van der Waals surface area contributed by atoms with Crippen LogP contribution in [0.4, 0.5) is 0 Å². The van der Waals surface area contributed by atoms with Gasteiger partial charge in [0.1, 0.15) is 0 Å². The van der Waals surface area contributed by atoms with Crippen LogP contribution in [0.1, 0.15) is 50.6 Å². The highest BCUT2D eigenvalue weighted by Gasteiger charge is 2.21. The number of aromatic carboxylic acids is 1. The summed E-state index contributed by atoms with van der Waals surface area (Å²) in [6.07, 6.45) is 2.23. The average molecular weight is 451 g/mol. The summed E-state index contributed by atoms with van der Waals surface area (Å²) in [6.45, 7) is 4.00. The fraction of sp³-hybridized carbons (Fsp3) is 0.138. The third-order valence-corrected chi connectivity index (χ3v) is 6.07. The lowest BCUT2D eigenvalue weighted by Crippen LogP contribution is -2.12. The van der Waals surface area contributed by atoms with Gasteiger partial charge in [0.25, 0.3) is 0 Å². The third kappa shape index (κ3) is 5.04. The summed E-state index contributed by atoms with van der Waals surface area (Å²) in [6, 6.07) is 27.1. The molecular weight excluding hydrogens is 424 g/mol. The lowest BCUT2D eigenvalue weighted by Gasteiger charge is -2.22. The second-order valence-corrected chi connectivity index (χ2v) is 8.35. The standard InChI is InChI=1S/C29H26N2O3/c1-19-6-3-4-9-26(19)27(18-28(31-34)25-14-15-30-20(2)16-25)24-8-5-7-23(17-24)21-10-12-22(13-11-21)29(32)33/h3-17,27,34H,18H2,1-2H3,(H,32,33)/b31-28+. The maximum absolute atomic E-state index is 11.2. The molecule has 5 nitrogen and oxygen atoms in total. The molecule has 4 aromatic rings. The first kappa shape index (κ1) is 22.9. The number of nitrogens with zero attached hydrogens (tertiary/aromatic N) is 2. The highest BCUT2D eigenvalue weighted by atomic mass is 16.4. The van der Waals surface area contributed by atoms with Gasteiger partial charge >= 0.3 is 5.97 Å². The van der Waals surface area contributed by atoms with Crippen LogP contribution in [0.3, 0.4) is 0 Å². The minimum atomic E-state index is -0.943. The number of benzene rings is 3. The van der Waals surface area contributed by atoms with E-state index in [1.165, 1.54) is 0 Å². The minimum Gasteiger partial charge on any atom is -0.478 e. The Hall–Kier alpha value is -4.25. The van der Waals surface area contributed by atoms with E-state index >= 15 is 0 Å². The molecule has 0 saturated carbocycles. The number of carboxylic acid groups (broad SMARTS) is 1. The maximum Gasteiger partial charge on any atom is 0.335 e. The predicted octanol–water partition coefficient (Wildman–Crippen LogP) is 6.46. The number of rotatable bonds is 7. The molecule has 0 spiro atoms. The van der Waals surface area contributed by atoms with Crippen LogP contribution in [-0.4, -0.2) is 27.0 Å². The largest absolute Gasteiger partial charge is 0.478 e. The molecule has 2 N–H and O–H groups in total. The number of aryl methyl sites for hydroxylation is 2. The number of pyridine rings is 1. The zero-order valence-corrected chi connectivity index (χ0v) is 19.1. The van der Waals surface area contributed by atoms with Crippen molar-refractivity contribution in [3.8, 4) is 11.1 Å². The maximum atomic E-state index is 11.2. The average Bonchev–Trinajstić information content (AvgIpc) is 2.85. The summed E-state index contributed by atoms with van der Waals surface area (Å²) in [4.78, 5) is 15.5. The first-order chi connectivity index (χ1) is 16.5. The molecule has 1 heterocycles. The third-order valence-electron chi connectivity index (χ3n) is 6.07. The van der Waals surface area contributed by atoms with Crippen molar-refractivity contribution in [1.29, 1.82) is 0 Å². The Bertz CT molecular complexity index is 1340. The van der Waals surface area contributed by atoms with Gasteiger partial charge in [-0.05, 0) is 65.9 Å². The molecule has 1 aromatic heterocycles. The highest BCUT2D eigenvalue weighted by Crippen LogP contribution is 2.34. The fourth-order valence-corrected chi connectivity index (χ4v) is 4.26. The van der Waals surface area contributed by atoms with Gasteiger partial charge in [-0.3, -0.25) is 4.98 Å². The number of hydrogen-bond donors (Lipinski definition) is 2. The van der Waals surface area contributed by atoms with E-state index in [9.17, 15) is 15.1 Å². The van der Waals surface area contributed by atoms with Crippen LogP contribution < -0.4 is 0 Å². The van der Waals surface area contributed by atoms with Crippen LogP contribution in [0.15, 0.2) is 96.3 Å². The lowest BCUT2D eigenvalue weighted by atomic mass is 9.82. The van der Waals surface area contributed by atoms with Crippen LogP contribution in [0.5, 0.6) is 0 Å². The molecule has 0 aliphatic heterocycles. The Morgan fingerprint density at radius 2 is 1.65 bits per heavy atom. The van der Waals surface area contributed by atoms with Crippen molar-refractivity contribution in [3.05, 3.63) is 125 Å². The lowest BCUT2D eigenvalue weighted by molar-refractivity contribution is 0.0697. The molecule has 0 aliphatic rings. The zero-order chi connectivity index (χ0) is 24.1. The van der Waals surface area contributed by atoms with Gasteiger partial charge in [-0.25, -0.2) is 4.79 Å². The van der Waals surface area contributed by atoms with Crippen LogP contribution in [0.2, 0.25) is 0 Å². The van der Waals surface area contributed by atoms with E-state index in [-0.39, 0.29) is 11.5 Å². The molecular formula is C29H26N2O3. The van der Waals surface area contributed by atoms with Gasteiger partial charge in [0.2, 0.25) is 0 Å². The molecule has 0 amide bonds. The van der Waals surface area contributed by atoms with Crippen LogP contribution in [0.25, 0.3) is 11.1 Å². The zero-order valence-electron chi connectivity index (χ0n) is 19.1. The Labute approximate surface area is 199 Å². The summed E-state index contributed by atoms with van der Waals surface area (Å²) >= 11 is 0. The van der Waals surface area contributed by atoms with Gasteiger partial charge in [0.05, 0.1) is 11.3 Å². The first-order valence-corrected chi connectivity index (χ1v) is 11.1. The highest BCUT2D eigenvalue weighted by molar-refractivity contribution is 6.01. The summed E-state index contributed by atoms with van der Waals surface area (Å²) in [5, 5.41) is 22.8. The van der Waals surface area contributed by atoms with Crippen molar-refractivity contribution in [1.82, 2.24) is 4.98 Å². The molecule has 0 radical (unpaired) electrons. The molecule has 3 aromatic carbocycles. The topological polar surface area (TPSA) is 82.8 Å². The first-order valence-electron chi connectivity index (χ1n) is 11.1. The number of aromatic nitrogens is 1. The van der Waals surface area contributed by atoms with Gasteiger partial charge in [-0.2, -0.15) is 0 Å². The molecule has 0 saturated heterocycles. The Morgan fingerprint density at radius 3 is 2.32 bits per heavy atom. The van der Waals surface area contributed by atoms with Crippen molar-refractivity contribution in [3.63, 3.8) is 0 Å². The fourth-order valence-electron chi connectivity index (χ4n) is 4.26. The van der Waals surface area contributed by atoms with Crippen molar-refractivity contribution in [2.45, 2.75) is 26.2 Å². The van der Waals surface area contributed by atoms with Crippen LogP contribution >= 0.6 is 0 Å². The number of carbonyl (C=O) groups is 1. The summed E-state index contributed by atoms with van der Waals surface area (Å²) in [7, 11) is 0. The van der Waals surface area contributed by atoms with E-state index in [1.54, 1.807) is 18.3 Å². The predicted molar refractivity (Wildman–Crippen MR) is 134 cm³/mol. The molecule has 34 heavy (non-hydrogen) atoms. The molecule has 1 atom stereocenters. The van der Waals surface area contributed by atoms with Crippen molar-refractivity contribution < 1.29 is 15.1 Å². The van der Waals surface area contributed by atoms with Gasteiger partial charge in [-0.1, -0.05) is 65.8 Å². The van der Waals surface area contributed by atoms with E-state index in [0.29, 0.717) is 12.1 Å². The van der Waals surface area contributed by atoms with Crippen molar-refractivity contribution in [2.75, 3.05) is 0 Å². The van der Waals surface area contributed by atoms with Gasteiger partial charge in [-0.15, -0.1) is 0 Å². The van der Waals surface area contributed by atoms with E-state index in [4.69, 9.17) is 0 Å². The number of carboxylic acids is 1. The van der Waals surface area contributed by atoms with Crippen molar-refractivity contribution in [2.24, 2.45) is 5.16 Å². The molecule has 4 rings (SSSR count). The monoisotopic (exact) mass is 450 g/mol. The number of hydrogen-bond acceptors (Lipinski definition) is 4. The van der Waals surface area contributed by atoms with E-state index in [0.717, 1.165) is 39.1 Å². The molecule has 0 aliphatic carbocycles. The number of oxime groups is 1. The van der Waals surface area contributed by atoms with E-state index in [2.05, 4.69) is 41.3 Å². The van der Waals surface area contributed by atoms with Gasteiger partial charge < -0.3 is 10.3 Å². The van der Waals surface area contributed by atoms with Crippen LogP contribution in [0, 0.1) is 13.8 Å². The molecule has 0 bridgehead atoms. The molecule has 5 heteroatoms. The van der Waals surface area contributed by atoms with Crippen LogP contribution in [-0.2, 0) is 0 Å². The smallest absolute Gasteiger partial charge is 0.335 e. The summed E-state index contributed by atoms with van der Waals surface area (Å²) in [5.74, 6) is -0.985. The second-order valence-electron chi connectivity index (χ2n) is 8.35. The SMILES string of the molecule is Cc1cc(/C(CC(c2cccc(-c3ccc(C(=O)O)cc3)c2)c2ccccc2C)=N/O)ccn1. The Balaban J connectivity index is 1.76. The summed E-state index contributed by atoms with van der Waals surface area (Å²) in [5.41, 5.74) is 7.89. The van der Waals surface area contributed by atoms with Crippen molar-refractivity contribution >= 4 is 11.7 Å². The van der Waals surface area contributed by atoms with E-state index in [1.807, 2.05) is 55.5 Å². The molecule has 0 fully saturated rings. The molecule has 170 valence electrons. The quantitative estimate of drug-likeness (QED) is 0.192. The Kier molecular flexibility index (Phi) is 6.83. The Morgan fingerprint density at radius 1 is 0.882 bits per heavy atom. The normalized spacial score (nSPS) is 12.4. The van der Waals surface area contributed by atoms with E-state index < -0.39 is 5.97 Å².